The van der Waals surface area contributed by atoms with Crippen molar-refractivity contribution in [3.05, 3.63) is 51.8 Å². The third kappa shape index (κ3) is 3.43. The van der Waals surface area contributed by atoms with Crippen LogP contribution in [0, 0.1) is 5.82 Å². The van der Waals surface area contributed by atoms with Crippen LogP contribution in [0.25, 0.3) is 0 Å². The maximum atomic E-state index is 13.5. The molecular formula is C15H12Cl2FNO3. The molecule has 2 aromatic rings. The van der Waals surface area contributed by atoms with E-state index in [0.717, 1.165) is 6.07 Å². The lowest BCUT2D eigenvalue weighted by atomic mass is 10.2. The van der Waals surface area contributed by atoms with Crippen LogP contribution < -0.4 is 14.8 Å². The Labute approximate surface area is 136 Å². The van der Waals surface area contributed by atoms with Crippen LogP contribution in [0.4, 0.5) is 10.1 Å². The van der Waals surface area contributed by atoms with Gasteiger partial charge in [-0.25, -0.2) is 4.39 Å². The number of hydrogen-bond donors (Lipinski definition) is 1. The number of rotatable bonds is 4. The fourth-order valence-corrected chi connectivity index (χ4v) is 2.26. The average Bonchev–Trinajstić information content (AvgIpc) is 2.51. The van der Waals surface area contributed by atoms with Crippen LogP contribution in [-0.2, 0) is 0 Å². The highest BCUT2D eigenvalue weighted by Gasteiger charge is 2.16. The number of carbonyl (C=O) groups excluding carboxylic acids is 1. The number of anilines is 1. The largest absolute Gasteiger partial charge is 0.497 e. The highest BCUT2D eigenvalue weighted by Crippen LogP contribution is 2.30. The Morgan fingerprint density at radius 1 is 1.09 bits per heavy atom. The minimum atomic E-state index is -0.724. The predicted octanol–water partition coefficient (Wildman–Crippen LogP) is 4.40. The highest BCUT2D eigenvalue weighted by molar-refractivity contribution is 6.37. The molecule has 7 heteroatoms. The molecule has 0 saturated carbocycles. The van der Waals surface area contributed by atoms with E-state index in [1.807, 2.05) is 0 Å². The first-order valence-electron chi connectivity index (χ1n) is 6.14. The van der Waals surface area contributed by atoms with Crippen molar-refractivity contribution in [3.63, 3.8) is 0 Å². The molecule has 2 rings (SSSR count). The van der Waals surface area contributed by atoms with Crippen molar-refractivity contribution in [2.24, 2.45) is 0 Å². The first-order chi connectivity index (χ1) is 10.5. The van der Waals surface area contributed by atoms with Gasteiger partial charge in [-0.15, -0.1) is 0 Å². The van der Waals surface area contributed by atoms with Crippen LogP contribution in [0.15, 0.2) is 30.3 Å². The number of carbonyl (C=O) groups is 1. The van der Waals surface area contributed by atoms with Crippen LogP contribution in [0.5, 0.6) is 11.5 Å². The van der Waals surface area contributed by atoms with Crippen molar-refractivity contribution < 1.29 is 18.7 Å². The Bertz CT molecular complexity index is 722. The SMILES string of the molecule is COc1ccc(NC(=O)c2cc(F)c(Cl)cc2Cl)c(OC)c1. The van der Waals surface area contributed by atoms with E-state index in [2.05, 4.69) is 5.32 Å². The van der Waals surface area contributed by atoms with E-state index < -0.39 is 11.7 Å². The van der Waals surface area contributed by atoms with Crippen molar-refractivity contribution in [3.8, 4) is 11.5 Å². The molecule has 0 heterocycles. The van der Waals surface area contributed by atoms with E-state index in [1.54, 1.807) is 18.2 Å². The summed E-state index contributed by atoms with van der Waals surface area (Å²) in [6.07, 6.45) is 0. The Kier molecular flexibility index (Phi) is 5.11. The summed E-state index contributed by atoms with van der Waals surface area (Å²) in [6, 6.07) is 7.03. The van der Waals surface area contributed by atoms with Gasteiger partial charge in [0.25, 0.3) is 5.91 Å². The zero-order valence-electron chi connectivity index (χ0n) is 11.7. The van der Waals surface area contributed by atoms with Crippen molar-refractivity contribution in [1.29, 1.82) is 0 Å². The molecule has 2 aromatic carbocycles. The van der Waals surface area contributed by atoms with Gasteiger partial charge in [-0.1, -0.05) is 23.2 Å². The molecule has 0 aliphatic heterocycles. The van der Waals surface area contributed by atoms with Gasteiger partial charge in [0.2, 0.25) is 0 Å². The Balaban J connectivity index is 2.31. The molecule has 0 spiro atoms. The van der Waals surface area contributed by atoms with Crippen molar-refractivity contribution >= 4 is 34.8 Å². The van der Waals surface area contributed by atoms with E-state index in [0.29, 0.717) is 17.2 Å². The van der Waals surface area contributed by atoms with E-state index in [1.165, 1.54) is 20.3 Å². The second-order valence-corrected chi connectivity index (χ2v) is 5.08. The molecule has 22 heavy (non-hydrogen) atoms. The van der Waals surface area contributed by atoms with Crippen LogP contribution in [-0.4, -0.2) is 20.1 Å². The number of amides is 1. The number of hydrogen-bond acceptors (Lipinski definition) is 3. The molecule has 0 aliphatic carbocycles. The first kappa shape index (κ1) is 16.4. The van der Waals surface area contributed by atoms with Gasteiger partial charge in [0, 0.05) is 6.07 Å². The fourth-order valence-electron chi connectivity index (χ4n) is 1.79. The lowest BCUT2D eigenvalue weighted by Crippen LogP contribution is -2.13. The molecule has 0 aromatic heterocycles. The van der Waals surface area contributed by atoms with Gasteiger partial charge in [-0.05, 0) is 24.3 Å². The number of halogens is 3. The van der Waals surface area contributed by atoms with E-state index in [4.69, 9.17) is 32.7 Å². The molecule has 1 N–H and O–H groups in total. The number of methoxy groups -OCH3 is 2. The Hall–Kier alpha value is -1.98. The molecule has 1 amide bonds. The van der Waals surface area contributed by atoms with Crippen LogP contribution in [0.2, 0.25) is 10.0 Å². The van der Waals surface area contributed by atoms with E-state index >= 15 is 0 Å². The lowest BCUT2D eigenvalue weighted by molar-refractivity contribution is 0.102. The van der Waals surface area contributed by atoms with Gasteiger partial charge < -0.3 is 14.8 Å². The molecule has 4 nitrogen and oxygen atoms in total. The van der Waals surface area contributed by atoms with Crippen LogP contribution in [0.1, 0.15) is 10.4 Å². The van der Waals surface area contributed by atoms with Gasteiger partial charge >= 0.3 is 0 Å². The number of nitrogens with one attached hydrogen (secondary N) is 1. The summed E-state index contributed by atoms with van der Waals surface area (Å²) in [7, 11) is 2.97. The smallest absolute Gasteiger partial charge is 0.257 e. The molecule has 0 unspecified atom stereocenters. The summed E-state index contributed by atoms with van der Waals surface area (Å²) in [5.41, 5.74) is 0.376. The van der Waals surface area contributed by atoms with Gasteiger partial charge in [0.05, 0.1) is 35.5 Å². The summed E-state index contributed by atoms with van der Waals surface area (Å²) in [4.78, 5) is 12.2. The lowest BCUT2D eigenvalue weighted by Gasteiger charge is -2.12. The maximum absolute atomic E-state index is 13.5. The zero-order chi connectivity index (χ0) is 16.3. The minimum absolute atomic E-state index is 0.0264. The van der Waals surface area contributed by atoms with Gasteiger partial charge in [0.15, 0.2) is 0 Å². The third-order valence-corrected chi connectivity index (χ3v) is 3.51. The van der Waals surface area contributed by atoms with Crippen molar-refractivity contribution in [2.45, 2.75) is 0 Å². The predicted molar refractivity (Wildman–Crippen MR) is 83.9 cm³/mol. The van der Waals surface area contributed by atoms with Gasteiger partial charge in [0.1, 0.15) is 17.3 Å². The molecule has 0 saturated heterocycles. The summed E-state index contributed by atoms with van der Waals surface area (Å²) < 4.78 is 23.7. The summed E-state index contributed by atoms with van der Waals surface area (Å²) in [6.45, 7) is 0. The Morgan fingerprint density at radius 3 is 2.45 bits per heavy atom. The van der Waals surface area contributed by atoms with Crippen molar-refractivity contribution in [1.82, 2.24) is 0 Å². The number of benzene rings is 2. The maximum Gasteiger partial charge on any atom is 0.257 e. The highest BCUT2D eigenvalue weighted by atomic mass is 35.5. The van der Waals surface area contributed by atoms with Crippen LogP contribution >= 0.6 is 23.2 Å². The molecule has 0 atom stereocenters. The summed E-state index contributed by atoms with van der Waals surface area (Å²) in [5.74, 6) is -0.328. The van der Waals surface area contributed by atoms with Gasteiger partial charge in [-0.2, -0.15) is 0 Å². The second kappa shape index (κ2) is 6.85. The fraction of sp³-hybridized carbons (Fsp3) is 0.133. The topological polar surface area (TPSA) is 47.6 Å². The van der Waals surface area contributed by atoms with E-state index in [-0.39, 0.29) is 15.6 Å². The minimum Gasteiger partial charge on any atom is -0.497 e. The van der Waals surface area contributed by atoms with E-state index in [9.17, 15) is 9.18 Å². The monoisotopic (exact) mass is 343 g/mol. The first-order valence-corrected chi connectivity index (χ1v) is 6.89. The summed E-state index contributed by atoms with van der Waals surface area (Å²) in [5, 5.41) is 2.51. The van der Waals surface area contributed by atoms with Gasteiger partial charge in [-0.3, -0.25) is 4.79 Å². The number of ether oxygens (including phenoxy) is 2. The molecular weight excluding hydrogens is 332 g/mol. The quantitative estimate of drug-likeness (QED) is 0.837. The normalized spacial score (nSPS) is 10.2. The molecule has 0 aliphatic rings. The molecule has 0 fully saturated rings. The van der Waals surface area contributed by atoms with Crippen LogP contribution in [0.3, 0.4) is 0 Å². The standard InChI is InChI=1S/C15H12Cl2FNO3/c1-21-8-3-4-13(14(5-8)22-2)19-15(20)9-6-12(18)11(17)7-10(9)16/h3-7H,1-2H3,(H,19,20). The third-order valence-electron chi connectivity index (χ3n) is 2.91. The second-order valence-electron chi connectivity index (χ2n) is 4.27. The zero-order valence-corrected chi connectivity index (χ0v) is 13.3. The Morgan fingerprint density at radius 2 is 1.82 bits per heavy atom. The molecule has 0 bridgehead atoms. The molecule has 116 valence electrons. The van der Waals surface area contributed by atoms with Crippen molar-refractivity contribution in [2.75, 3.05) is 19.5 Å². The average molecular weight is 344 g/mol. The molecule has 0 radical (unpaired) electrons. The summed E-state index contributed by atoms with van der Waals surface area (Å²) >= 11 is 11.5.